The highest BCUT2D eigenvalue weighted by atomic mass is 32.1. The first-order valence-corrected chi connectivity index (χ1v) is 10.7. The van der Waals surface area contributed by atoms with Crippen LogP contribution in [0.25, 0.3) is 11.0 Å². The molecule has 138 valence electrons. The molecule has 0 saturated heterocycles. The molecule has 0 bridgehead atoms. The average Bonchev–Trinajstić information content (AvgIpc) is 3.01. The van der Waals surface area contributed by atoms with Crippen LogP contribution in [-0.2, 0) is 6.42 Å². The normalized spacial score (nSPS) is 11.2. The van der Waals surface area contributed by atoms with Crippen LogP contribution in [-0.4, -0.2) is 14.8 Å². The molecule has 0 aliphatic carbocycles. The van der Waals surface area contributed by atoms with Crippen molar-refractivity contribution in [3.05, 3.63) is 30.1 Å². The number of hydrogen-bond acceptors (Lipinski definition) is 2. The molecule has 3 heteroatoms. The van der Waals surface area contributed by atoms with E-state index >= 15 is 0 Å². The molecule has 1 aromatic carbocycles. The maximum atomic E-state index is 5.55. The first kappa shape index (κ1) is 20.1. The average molecular weight is 359 g/mol. The second kappa shape index (κ2) is 12.2. The number of para-hydroxylation sites is 2. The number of hydrogen-bond donors (Lipinski definition) is 1. The highest BCUT2D eigenvalue weighted by molar-refractivity contribution is 7.80. The summed E-state index contributed by atoms with van der Waals surface area (Å²) in [4.78, 5) is 9.12. The summed E-state index contributed by atoms with van der Waals surface area (Å²) in [6.07, 6.45) is 17.1. The molecular formula is C22H34N2S. The highest BCUT2D eigenvalue weighted by Crippen LogP contribution is 2.14. The molecule has 0 saturated carbocycles. The van der Waals surface area contributed by atoms with Crippen LogP contribution < -0.4 is 0 Å². The minimum Gasteiger partial charge on any atom is -0.342 e. The number of H-pyrrole nitrogens is 1. The van der Waals surface area contributed by atoms with Crippen molar-refractivity contribution in [3.63, 3.8) is 0 Å². The highest BCUT2D eigenvalue weighted by Gasteiger charge is 2.05. The SMILES string of the molecule is CCCCCCCCCCCCCC(=S)Cc1nc2ccccc2[nH]1. The predicted octanol–water partition coefficient (Wildman–Crippen LogP) is 7.18. The van der Waals surface area contributed by atoms with Gasteiger partial charge in [0.25, 0.3) is 0 Å². The number of fused-ring (bicyclic) bond motifs is 1. The van der Waals surface area contributed by atoms with E-state index in [9.17, 15) is 0 Å². The molecule has 0 atom stereocenters. The van der Waals surface area contributed by atoms with E-state index < -0.39 is 0 Å². The Balaban J connectivity index is 1.47. The molecule has 0 fully saturated rings. The summed E-state index contributed by atoms with van der Waals surface area (Å²) in [6.45, 7) is 2.28. The van der Waals surface area contributed by atoms with Gasteiger partial charge in [-0.2, -0.15) is 0 Å². The van der Waals surface area contributed by atoms with E-state index in [-0.39, 0.29) is 0 Å². The lowest BCUT2D eigenvalue weighted by molar-refractivity contribution is 0.552. The van der Waals surface area contributed by atoms with Gasteiger partial charge in [0.1, 0.15) is 5.82 Å². The number of aromatic nitrogens is 2. The number of unbranched alkanes of at least 4 members (excludes halogenated alkanes) is 10. The van der Waals surface area contributed by atoms with Gasteiger partial charge in [-0.1, -0.05) is 95.5 Å². The molecule has 2 aromatic rings. The van der Waals surface area contributed by atoms with Crippen molar-refractivity contribution in [2.75, 3.05) is 0 Å². The lowest BCUT2D eigenvalue weighted by Crippen LogP contribution is -2.01. The Morgan fingerprint density at radius 1 is 0.880 bits per heavy atom. The summed E-state index contributed by atoms with van der Waals surface area (Å²) < 4.78 is 0. The minimum absolute atomic E-state index is 0.807. The minimum atomic E-state index is 0.807. The summed E-state index contributed by atoms with van der Waals surface area (Å²) in [5.41, 5.74) is 2.14. The van der Waals surface area contributed by atoms with Crippen LogP contribution in [0.1, 0.15) is 89.8 Å². The van der Waals surface area contributed by atoms with E-state index in [1.165, 1.54) is 70.6 Å². The lowest BCUT2D eigenvalue weighted by atomic mass is 10.0. The van der Waals surface area contributed by atoms with E-state index in [2.05, 4.69) is 23.0 Å². The molecule has 1 heterocycles. The number of rotatable bonds is 14. The van der Waals surface area contributed by atoms with Gasteiger partial charge in [0.05, 0.1) is 11.0 Å². The fourth-order valence-electron chi connectivity index (χ4n) is 3.35. The van der Waals surface area contributed by atoms with Crippen molar-refractivity contribution in [3.8, 4) is 0 Å². The van der Waals surface area contributed by atoms with Crippen molar-refractivity contribution in [2.24, 2.45) is 0 Å². The molecule has 0 radical (unpaired) electrons. The molecule has 0 aliphatic heterocycles. The Kier molecular flexibility index (Phi) is 9.79. The topological polar surface area (TPSA) is 28.7 Å². The molecule has 0 aliphatic rings. The van der Waals surface area contributed by atoms with Gasteiger partial charge in [-0.15, -0.1) is 0 Å². The van der Waals surface area contributed by atoms with Gasteiger partial charge >= 0.3 is 0 Å². The van der Waals surface area contributed by atoms with Gasteiger partial charge < -0.3 is 4.98 Å². The van der Waals surface area contributed by atoms with E-state index in [1.807, 2.05) is 18.2 Å². The maximum Gasteiger partial charge on any atom is 0.112 e. The van der Waals surface area contributed by atoms with Crippen molar-refractivity contribution in [1.29, 1.82) is 0 Å². The summed E-state index contributed by atoms with van der Waals surface area (Å²) >= 11 is 5.55. The first-order valence-electron chi connectivity index (χ1n) is 10.2. The van der Waals surface area contributed by atoms with Crippen molar-refractivity contribution in [1.82, 2.24) is 9.97 Å². The fourth-order valence-corrected chi connectivity index (χ4v) is 3.63. The van der Waals surface area contributed by atoms with Gasteiger partial charge in [-0.3, -0.25) is 0 Å². The Morgan fingerprint density at radius 3 is 2.12 bits per heavy atom. The van der Waals surface area contributed by atoms with E-state index in [1.54, 1.807) is 0 Å². The van der Waals surface area contributed by atoms with Crippen LogP contribution in [0.5, 0.6) is 0 Å². The Bertz CT molecular complexity index is 584. The number of benzene rings is 1. The number of aromatic amines is 1. The summed E-state index contributed by atoms with van der Waals surface area (Å²) in [5, 5.41) is 0. The first-order chi connectivity index (χ1) is 12.3. The lowest BCUT2D eigenvalue weighted by Gasteiger charge is -2.03. The standard InChI is InChI=1S/C22H34N2S/c1-2-3-4-5-6-7-8-9-10-11-12-15-19(25)18-22-23-20-16-13-14-17-21(20)24-22/h13-14,16-17H,2-12,15,18H2,1H3,(H,23,24). The van der Waals surface area contributed by atoms with E-state index in [0.717, 1.165) is 34.6 Å². The van der Waals surface area contributed by atoms with Crippen LogP contribution in [0.15, 0.2) is 24.3 Å². The van der Waals surface area contributed by atoms with Gasteiger partial charge in [-0.25, -0.2) is 4.98 Å². The maximum absolute atomic E-state index is 5.55. The number of nitrogens with one attached hydrogen (secondary N) is 1. The summed E-state index contributed by atoms with van der Waals surface area (Å²) in [5.74, 6) is 1.01. The number of thiocarbonyl (C=S) groups is 1. The molecule has 0 spiro atoms. The quantitative estimate of drug-likeness (QED) is 0.286. The van der Waals surface area contributed by atoms with Crippen LogP contribution in [0.4, 0.5) is 0 Å². The van der Waals surface area contributed by atoms with Crippen LogP contribution in [0.3, 0.4) is 0 Å². The molecule has 1 N–H and O–H groups in total. The zero-order chi connectivity index (χ0) is 17.7. The van der Waals surface area contributed by atoms with Crippen LogP contribution >= 0.6 is 12.2 Å². The van der Waals surface area contributed by atoms with Gasteiger partial charge in [-0.05, 0) is 25.0 Å². The van der Waals surface area contributed by atoms with Gasteiger partial charge in [0.15, 0.2) is 0 Å². The summed E-state index contributed by atoms with van der Waals surface area (Å²) in [7, 11) is 0. The monoisotopic (exact) mass is 358 g/mol. The Morgan fingerprint density at radius 2 is 1.48 bits per heavy atom. The van der Waals surface area contributed by atoms with E-state index in [4.69, 9.17) is 12.2 Å². The molecule has 2 nitrogen and oxygen atoms in total. The summed E-state index contributed by atoms with van der Waals surface area (Å²) in [6, 6.07) is 8.17. The predicted molar refractivity (Wildman–Crippen MR) is 113 cm³/mol. The van der Waals surface area contributed by atoms with E-state index in [0.29, 0.717) is 0 Å². The number of imidazole rings is 1. The molecule has 0 unspecified atom stereocenters. The van der Waals surface area contributed by atoms with Crippen molar-refractivity contribution in [2.45, 2.75) is 90.4 Å². The molecule has 25 heavy (non-hydrogen) atoms. The van der Waals surface area contributed by atoms with Crippen molar-refractivity contribution < 1.29 is 0 Å². The van der Waals surface area contributed by atoms with Crippen LogP contribution in [0.2, 0.25) is 0 Å². The number of nitrogens with zero attached hydrogens (tertiary/aromatic N) is 1. The Hall–Kier alpha value is -1.22. The van der Waals surface area contributed by atoms with Gasteiger partial charge in [0, 0.05) is 11.3 Å². The third-order valence-electron chi connectivity index (χ3n) is 4.86. The third kappa shape index (κ3) is 8.13. The molecule has 1 aromatic heterocycles. The van der Waals surface area contributed by atoms with Crippen LogP contribution in [0, 0.1) is 0 Å². The largest absolute Gasteiger partial charge is 0.342 e. The molecular weight excluding hydrogens is 324 g/mol. The zero-order valence-electron chi connectivity index (χ0n) is 15.9. The fraction of sp³-hybridized carbons (Fsp3) is 0.636. The zero-order valence-corrected chi connectivity index (χ0v) is 16.7. The third-order valence-corrected chi connectivity index (χ3v) is 5.21. The molecule has 0 amide bonds. The second-order valence-electron chi connectivity index (χ2n) is 7.20. The molecule has 2 rings (SSSR count). The second-order valence-corrected chi connectivity index (χ2v) is 7.78. The van der Waals surface area contributed by atoms with Gasteiger partial charge in [0.2, 0.25) is 0 Å². The smallest absolute Gasteiger partial charge is 0.112 e. The van der Waals surface area contributed by atoms with Crippen molar-refractivity contribution >= 4 is 28.1 Å². The Labute approximate surface area is 158 Å².